The third kappa shape index (κ3) is 4.52. The van der Waals surface area contributed by atoms with Gasteiger partial charge in [0.25, 0.3) is 11.5 Å². The van der Waals surface area contributed by atoms with E-state index < -0.39 is 0 Å². The van der Waals surface area contributed by atoms with Gasteiger partial charge in [-0.3, -0.25) is 9.59 Å². The van der Waals surface area contributed by atoms with E-state index in [0.717, 1.165) is 53.5 Å². The summed E-state index contributed by atoms with van der Waals surface area (Å²) in [6.45, 7) is 2.26. The first-order valence-corrected chi connectivity index (χ1v) is 11.6. The molecule has 1 aliphatic rings. The van der Waals surface area contributed by atoms with Crippen LogP contribution in [0.3, 0.4) is 0 Å². The molecule has 2 heterocycles. The van der Waals surface area contributed by atoms with Crippen LogP contribution in [0, 0.1) is 6.92 Å². The maximum Gasteiger partial charge on any atom is 0.258 e. The highest BCUT2D eigenvalue weighted by atomic mass is 16.5. The van der Waals surface area contributed by atoms with Gasteiger partial charge in [0.1, 0.15) is 6.26 Å². The van der Waals surface area contributed by atoms with Crippen LogP contribution in [0.15, 0.2) is 70.3 Å². The highest BCUT2D eigenvalue weighted by Crippen LogP contribution is 2.25. The molecular formula is C27H27N3O4. The molecule has 1 aliphatic carbocycles. The zero-order valence-electron chi connectivity index (χ0n) is 19.0. The van der Waals surface area contributed by atoms with Gasteiger partial charge in [-0.1, -0.05) is 23.4 Å². The number of rotatable bonds is 5. The normalized spacial score (nSPS) is 18.2. The van der Waals surface area contributed by atoms with Gasteiger partial charge in [-0.25, -0.2) is 0 Å². The number of aromatic nitrogens is 2. The Morgan fingerprint density at radius 3 is 2.74 bits per heavy atom. The zero-order chi connectivity index (χ0) is 23.7. The van der Waals surface area contributed by atoms with Gasteiger partial charge >= 0.3 is 0 Å². The fourth-order valence-corrected chi connectivity index (χ4v) is 4.65. The Morgan fingerprint density at radius 1 is 1.15 bits per heavy atom. The second-order valence-electron chi connectivity index (χ2n) is 9.04. The zero-order valence-corrected chi connectivity index (χ0v) is 19.0. The SMILES string of the molecule is Cc1nocc1-c1ccc2c(=O)n(Cc3cccc(C(=O)NC4CCC(O)CC4)c3)ccc2c1. The van der Waals surface area contributed by atoms with E-state index in [4.69, 9.17) is 4.52 Å². The summed E-state index contributed by atoms with van der Waals surface area (Å²) in [7, 11) is 0. The van der Waals surface area contributed by atoms with E-state index in [1.807, 2.05) is 49.4 Å². The highest BCUT2D eigenvalue weighted by Gasteiger charge is 2.21. The average Bonchev–Trinajstić information content (AvgIpc) is 3.28. The summed E-state index contributed by atoms with van der Waals surface area (Å²) in [5.41, 5.74) is 4.04. The van der Waals surface area contributed by atoms with Crippen LogP contribution in [0.4, 0.5) is 0 Å². The summed E-state index contributed by atoms with van der Waals surface area (Å²) < 4.78 is 6.70. The molecule has 7 heteroatoms. The quantitative estimate of drug-likeness (QED) is 0.471. The number of pyridine rings is 1. The van der Waals surface area contributed by atoms with Gasteiger partial charge in [0.2, 0.25) is 0 Å². The first kappa shape index (κ1) is 22.1. The Balaban J connectivity index is 1.35. The lowest BCUT2D eigenvalue weighted by molar-refractivity contribution is 0.0867. The number of nitrogens with one attached hydrogen (secondary N) is 1. The molecule has 1 saturated carbocycles. The van der Waals surface area contributed by atoms with Crippen molar-refractivity contribution in [3.63, 3.8) is 0 Å². The number of aliphatic hydroxyl groups excluding tert-OH is 1. The van der Waals surface area contributed by atoms with Crippen molar-refractivity contribution in [3.05, 3.63) is 88.2 Å². The molecule has 34 heavy (non-hydrogen) atoms. The van der Waals surface area contributed by atoms with E-state index in [1.165, 1.54) is 0 Å². The molecule has 4 aromatic rings. The lowest BCUT2D eigenvalue weighted by atomic mass is 9.93. The van der Waals surface area contributed by atoms with E-state index in [1.54, 1.807) is 23.1 Å². The van der Waals surface area contributed by atoms with E-state index in [2.05, 4.69) is 10.5 Å². The molecule has 2 N–H and O–H groups in total. The Morgan fingerprint density at radius 2 is 1.97 bits per heavy atom. The molecule has 0 bridgehead atoms. The number of amides is 1. The summed E-state index contributed by atoms with van der Waals surface area (Å²) in [4.78, 5) is 25.9. The standard InChI is InChI=1S/C27H27N3O4/c1-17-25(16-34-29-17)19-5-10-24-20(14-19)11-12-30(27(24)33)15-18-3-2-4-21(13-18)26(32)28-22-6-8-23(31)9-7-22/h2-5,10-14,16,22-23,31H,6-9,15H2,1H3,(H,28,32). The second kappa shape index (κ2) is 9.27. The van der Waals surface area contributed by atoms with Crippen molar-refractivity contribution >= 4 is 16.7 Å². The van der Waals surface area contributed by atoms with Crippen molar-refractivity contribution in [2.75, 3.05) is 0 Å². The molecule has 5 rings (SSSR count). The van der Waals surface area contributed by atoms with E-state index in [0.29, 0.717) is 17.5 Å². The van der Waals surface area contributed by atoms with Gasteiger partial charge in [0, 0.05) is 28.8 Å². The second-order valence-corrected chi connectivity index (χ2v) is 9.04. The molecule has 1 amide bonds. The monoisotopic (exact) mass is 457 g/mol. The molecule has 0 radical (unpaired) electrons. The number of hydrogen-bond acceptors (Lipinski definition) is 5. The number of aliphatic hydroxyl groups is 1. The molecule has 1 fully saturated rings. The van der Waals surface area contributed by atoms with Crippen molar-refractivity contribution in [2.24, 2.45) is 0 Å². The molecule has 0 unspecified atom stereocenters. The fourth-order valence-electron chi connectivity index (χ4n) is 4.65. The minimum atomic E-state index is -0.255. The first-order chi connectivity index (χ1) is 16.5. The van der Waals surface area contributed by atoms with Crippen molar-refractivity contribution in [1.29, 1.82) is 0 Å². The van der Waals surface area contributed by atoms with Gasteiger partial charge in [-0.2, -0.15) is 0 Å². The van der Waals surface area contributed by atoms with Gasteiger partial charge in [-0.05, 0) is 79.5 Å². The number of hydrogen-bond donors (Lipinski definition) is 2. The van der Waals surface area contributed by atoms with E-state index >= 15 is 0 Å². The summed E-state index contributed by atoms with van der Waals surface area (Å²) >= 11 is 0. The number of carbonyl (C=O) groups is 1. The predicted molar refractivity (Wildman–Crippen MR) is 130 cm³/mol. The number of fused-ring (bicyclic) bond motifs is 1. The van der Waals surface area contributed by atoms with Crippen molar-refractivity contribution in [3.8, 4) is 11.1 Å². The minimum Gasteiger partial charge on any atom is -0.393 e. The lowest BCUT2D eigenvalue weighted by Gasteiger charge is -2.26. The summed E-state index contributed by atoms with van der Waals surface area (Å²) in [6.07, 6.45) is 6.16. The summed E-state index contributed by atoms with van der Waals surface area (Å²) in [5.74, 6) is -0.120. The molecule has 0 atom stereocenters. The topological polar surface area (TPSA) is 97.4 Å². The first-order valence-electron chi connectivity index (χ1n) is 11.6. The molecule has 0 spiro atoms. The smallest absolute Gasteiger partial charge is 0.258 e. The fraction of sp³-hybridized carbons (Fsp3) is 0.296. The van der Waals surface area contributed by atoms with E-state index in [9.17, 15) is 14.7 Å². The van der Waals surface area contributed by atoms with Crippen LogP contribution in [0.25, 0.3) is 21.9 Å². The molecule has 174 valence electrons. The maximum atomic E-state index is 13.1. The third-order valence-corrected chi connectivity index (χ3v) is 6.61. The van der Waals surface area contributed by atoms with Crippen LogP contribution >= 0.6 is 0 Å². The molecular weight excluding hydrogens is 430 g/mol. The van der Waals surface area contributed by atoms with Crippen LogP contribution < -0.4 is 10.9 Å². The molecule has 0 aliphatic heterocycles. The van der Waals surface area contributed by atoms with Crippen molar-refractivity contribution in [1.82, 2.24) is 15.0 Å². The highest BCUT2D eigenvalue weighted by molar-refractivity contribution is 5.94. The number of nitrogens with zero attached hydrogens (tertiary/aromatic N) is 2. The Bertz CT molecular complexity index is 1400. The van der Waals surface area contributed by atoms with Crippen molar-refractivity contribution < 1.29 is 14.4 Å². The van der Waals surface area contributed by atoms with E-state index in [-0.39, 0.29) is 23.6 Å². The number of aryl methyl sites for hydroxylation is 1. The van der Waals surface area contributed by atoms with Gasteiger partial charge < -0.3 is 19.5 Å². The van der Waals surface area contributed by atoms with Gasteiger partial charge in [0.15, 0.2) is 0 Å². The van der Waals surface area contributed by atoms with Crippen LogP contribution in [0.2, 0.25) is 0 Å². The minimum absolute atomic E-state index is 0.0818. The largest absolute Gasteiger partial charge is 0.393 e. The molecule has 7 nitrogen and oxygen atoms in total. The van der Waals surface area contributed by atoms with Gasteiger partial charge in [-0.15, -0.1) is 0 Å². The van der Waals surface area contributed by atoms with Crippen LogP contribution in [-0.4, -0.2) is 32.9 Å². The summed E-state index contributed by atoms with van der Waals surface area (Å²) in [6, 6.07) is 15.1. The Kier molecular flexibility index (Phi) is 6.02. The number of benzene rings is 2. The molecule has 0 saturated heterocycles. The van der Waals surface area contributed by atoms with Gasteiger partial charge in [0.05, 0.1) is 18.3 Å². The average molecular weight is 458 g/mol. The lowest BCUT2D eigenvalue weighted by Crippen LogP contribution is -2.38. The summed E-state index contributed by atoms with van der Waals surface area (Å²) in [5, 5.41) is 18.1. The Hall–Kier alpha value is -3.71. The van der Waals surface area contributed by atoms with Crippen molar-refractivity contribution in [2.45, 2.75) is 51.3 Å². The predicted octanol–water partition coefficient (Wildman–Crippen LogP) is 4.05. The van der Waals surface area contributed by atoms with Crippen LogP contribution in [0.1, 0.15) is 47.3 Å². The maximum absolute atomic E-state index is 13.1. The van der Waals surface area contributed by atoms with Crippen LogP contribution in [0.5, 0.6) is 0 Å². The number of carbonyl (C=O) groups excluding carboxylic acids is 1. The molecule has 2 aromatic heterocycles. The van der Waals surface area contributed by atoms with Crippen LogP contribution in [-0.2, 0) is 6.54 Å². The Labute approximate surface area is 197 Å². The third-order valence-electron chi connectivity index (χ3n) is 6.61. The molecule has 2 aromatic carbocycles.